The van der Waals surface area contributed by atoms with Gasteiger partial charge < -0.3 is 21.1 Å². The minimum atomic E-state index is -4.65. The van der Waals surface area contributed by atoms with Crippen LogP contribution in [0.2, 0.25) is 5.15 Å². The average molecular weight is 489 g/mol. The van der Waals surface area contributed by atoms with E-state index in [1.165, 1.54) is 12.3 Å². The van der Waals surface area contributed by atoms with E-state index in [-0.39, 0.29) is 33.3 Å². The normalized spacial score (nSPS) is 23.1. The van der Waals surface area contributed by atoms with Gasteiger partial charge in [-0.25, -0.2) is 15.0 Å². The number of nitrogens with two attached hydrogens (primary N) is 2. The van der Waals surface area contributed by atoms with E-state index in [2.05, 4.69) is 19.9 Å². The lowest BCUT2D eigenvalue weighted by atomic mass is 9.74. The number of pyridine rings is 1. The molecular weight excluding hydrogens is 465 g/mol. The van der Waals surface area contributed by atoms with Crippen LogP contribution in [0.1, 0.15) is 31.2 Å². The second-order valence-corrected chi connectivity index (χ2v) is 9.64. The summed E-state index contributed by atoms with van der Waals surface area (Å²) in [6.07, 6.45) is 1.95. The molecule has 1 spiro atoms. The standard InChI is InChI=1S/C20H24ClF3N6OS/c1-31-11-8-13(25)19(9-11)3-6-30(7-4-19)14-10-28-18(17(26)29-14)32-12-2-5-27-16(21)15(12)20(22,23)24/h2,5,10-11,13H,3-4,6-9,25H2,1H3,(H2,26,29)/t11-,13-/m1/s1. The Hall–Kier alpha value is -1.82. The second-order valence-electron chi connectivity index (χ2n) is 8.25. The molecule has 0 unspecified atom stereocenters. The SMILES string of the molecule is CO[C@@H]1C[C@@H](N)C2(CCN(c3cnc(Sc4ccnc(Cl)c4C(F)(F)F)c(N)n3)CC2)C1. The number of alkyl halides is 3. The Bertz CT molecular complexity index is 986. The molecule has 2 aliphatic rings. The summed E-state index contributed by atoms with van der Waals surface area (Å²) in [6, 6.07) is 1.34. The number of hydrogen-bond acceptors (Lipinski definition) is 8. The van der Waals surface area contributed by atoms with Gasteiger partial charge in [0.2, 0.25) is 0 Å². The fraction of sp³-hybridized carbons (Fsp3) is 0.550. The van der Waals surface area contributed by atoms with Crippen molar-refractivity contribution in [1.82, 2.24) is 15.0 Å². The largest absolute Gasteiger partial charge is 0.420 e. The summed E-state index contributed by atoms with van der Waals surface area (Å²) in [5.74, 6) is 0.659. The van der Waals surface area contributed by atoms with Crippen molar-refractivity contribution in [1.29, 1.82) is 0 Å². The third-order valence-corrected chi connectivity index (χ3v) is 7.82. The Labute approximate surface area is 193 Å². The Morgan fingerprint density at radius 2 is 2.00 bits per heavy atom. The summed E-state index contributed by atoms with van der Waals surface area (Å²) in [5.41, 5.74) is 11.5. The number of ether oxygens (including phenoxy) is 1. The number of methoxy groups -OCH3 is 1. The number of anilines is 2. The molecule has 2 fully saturated rings. The highest BCUT2D eigenvalue weighted by Crippen LogP contribution is 2.47. The van der Waals surface area contributed by atoms with Crippen molar-refractivity contribution in [2.75, 3.05) is 30.8 Å². The third-order valence-electron chi connectivity index (χ3n) is 6.46. The molecular formula is C20H24ClF3N6OS. The van der Waals surface area contributed by atoms with Crippen molar-refractivity contribution in [3.63, 3.8) is 0 Å². The second kappa shape index (κ2) is 8.85. The van der Waals surface area contributed by atoms with E-state index in [0.29, 0.717) is 5.82 Å². The fourth-order valence-corrected chi connectivity index (χ4v) is 5.86. The summed E-state index contributed by atoms with van der Waals surface area (Å²) in [4.78, 5) is 14.2. The van der Waals surface area contributed by atoms with Gasteiger partial charge in [-0.15, -0.1) is 0 Å². The molecule has 1 aliphatic heterocycles. The van der Waals surface area contributed by atoms with E-state index < -0.39 is 16.9 Å². The Balaban J connectivity index is 1.48. The number of aromatic nitrogens is 3. The van der Waals surface area contributed by atoms with Crippen molar-refractivity contribution in [2.45, 2.75) is 53.9 Å². The van der Waals surface area contributed by atoms with E-state index in [9.17, 15) is 13.2 Å². The third kappa shape index (κ3) is 4.48. The predicted octanol–water partition coefficient (Wildman–Crippen LogP) is 4.00. The van der Waals surface area contributed by atoms with Gasteiger partial charge in [0.15, 0.2) is 5.82 Å². The average Bonchev–Trinajstić information content (AvgIpc) is 3.04. The molecule has 32 heavy (non-hydrogen) atoms. The molecule has 2 aromatic heterocycles. The number of piperidine rings is 1. The monoisotopic (exact) mass is 488 g/mol. The highest BCUT2D eigenvalue weighted by molar-refractivity contribution is 7.99. The summed E-state index contributed by atoms with van der Waals surface area (Å²) in [7, 11) is 1.72. The smallest absolute Gasteiger partial charge is 0.381 e. The lowest BCUT2D eigenvalue weighted by Crippen LogP contribution is -2.47. The van der Waals surface area contributed by atoms with Crippen LogP contribution in [0.3, 0.4) is 0 Å². The predicted molar refractivity (Wildman–Crippen MR) is 117 cm³/mol. The molecule has 1 aliphatic carbocycles. The zero-order chi connectivity index (χ0) is 23.1. The van der Waals surface area contributed by atoms with Gasteiger partial charge >= 0.3 is 6.18 Å². The lowest BCUT2D eigenvalue weighted by molar-refractivity contribution is -0.139. The highest BCUT2D eigenvalue weighted by atomic mass is 35.5. The number of nitrogens with zero attached hydrogens (tertiary/aromatic N) is 4. The topological polar surface area (TPSA) is 103 Å². The maximum Gasteiger partial charge on any atom is 0.420 e. The summed E-state index contributed by atoms with van der Waals surface area (Å²) in [6.45, 7) is 1.51. The molecule has 1 saturated heterocycles. The van der Waals surface area contributed by atoms with Crippen LogP contribution in [0.25, 0.3) is 0 Å². The fourth-order valence-electron chi connectivity index (χ4n) is 4.64. The maximum absolute atomic E-state index is 13.4. The lowest BCUT2D eigenvalue weighted by Gasteiger charge is -2.42. The zero-order valence-electron chi connectivity index (χ0n) is 17.4. The first-order chi connectivity index (χ1) is 15.1. The number of halogens is 4. The molecule has 0 radical (unpaired) electrons. The van der Waals surface area contributed by atoms with Crippen molar-refractivity contribution in [3.05, 3.63) is 29.2 Å². The van der Waals surface area contributed by atoms with Crippen molar-refractivity contribution >= 4 is 35.0 Å². The first-order valence-corrected chi connectivity index (χ1v) is 11.4. The van der Waals surface area contributed by atoms with Crippen molar-refractivity contribution in [3.8, 4) is 0 Å². The van der Waals surface area contributed by atoms with Crippen molar-refractivity contribution < 1.29 is 17.9 Å². The summed E-state index contributed by atoms with van der Waals surface area (Å²) in [5, 5.41) is -0.440. The summed E-state index contributed by atoms with van der Waals surface area (Å²) >= 11 is 6.46. The van der Waals surface area contributed by atoms with E-state index >= 15 is 0 Å². The molecule has 4 rings (SSSR count). The van der Waals surface area contributed by atoms with Crippen LogP contribution in [0, 0.1) is 5.41 Å². The first kappa shape index (κ1) is 23.3. The van der Waals surface area contributed by atoms with Crippen LogP contribution in [0.5, 0.6) is 0 Å². The molecule has 12 heteroatoms. The number of nitrogen functional groups attached to an aromatic ring is 1. The van der Waals surface area contributed by atoms with E-state index in [1.807, 2.05) is 0 Å². The Morgan fingerprint density at radius 1 is 1.28 bits per heavy atom. The zero-order valence-corrected chi connectivity index (χ0v) is 19.0. The van der Waals surface area contributed by atoms with Gasteiger partial charge in [-0.3, -0.25) is 0 Å². The molecule has 0 amide bonds. The first-order valence-electron chi connectivity index (χ1n) is 10.2. The Morgan fingerprint density at radius 3 is 2.59 bits per heavy atom. The molecule has 2 atom stereocenters. The quantitative estimate of drug-likeness (QED) is 0.622. The molecule has 4 N–H and O–H groups in total. The van der Waals surface area contributed by atoms with Gasteiger partial charge in [0.25, 0.3) is 0 Å². The molecule has 0 aromatic carbocycles. The summed E-state index contributed by atoms with van der Waals surface area (Å²) < 4.78 is 45.7. The minimum absolute atomic E-state index is 0.0610. The number of rotatable bonds is 4. The molecule has 7 nitrogen and oxygen atoms in total. The van der Waals surface area contributed by atoms with Crippen LogP contribution in [-0.4, -0.2) is 47.3 Å². The highest BCUT2D eigenvalue weighted by Gasteiger charge is 2.47. The van der Waals surface area contributed by atoms with Gasteiger partial charge in [-0.05, 0) is 37.2 Å². The molecule has 174 valence electrons. The molecule has 1 saturated carbocycles. The minimum Gasteiger partial charge on any atom is -0.381 e. The van der Waals surface area contributed by atoms with Gasteiger partial charge in [-0.1, -0.05) is 23.4 Å². The van der Waals surface area contributed by atoms with E-state index in [4.69, 9.17) is 27.8 Å². The molecule has 2 aromatic rings. The van der Waals surface area contributed by atoms with E-state index in [0.717, 1.165) is 50.5 Å². The maximum atomic E-state index is 13.4. The van der Waals surface area contributed by atoms with Crippen LogP contribution in [-0.2, 0) is 10.9 Å². The van der Waals surface area contributed by atoms with Gasteiger partial charge in [0.1, 0.15) is 21.6 Å². The Kier molecular flexibility index (Phi) is 6.45. The van der Waals surface area contributed by atoms with Gasteiger partial charge in [0, 0.05) is 37.3 Å². The van der Waals surface area contributed by atoms with Gasteiger partial charge in [0.05, 0.1) is 12.3 Å². The molecule has 3 heterocycles. The van der Waals surface area contributed by atoms with Gasteiger partial charge in [-0.2, -0.15) is 13.2 Å². The molecule has 0 bridgehead atoms. The van der Waals surface area contributed by atoms with E-state index in [1.54, 1.807) is 13.3 Å². The number of hydrogen-bond donors (Lipinski definition) is 2. The van der Waals surface area contributed by atoms with Crippen LogP contribution < -0.4 is 16.4 Å². The van der Waals surface area contributed by atoms with Crippen LogP contribution >= 0.6 is 23.4 Å². The van der Waals surface area contributed by atoms with Crippen LogP contribution in [0.4, 0.5) is 24.8 Å². The van der Waals surface area contributed by atoms with Crippen molar-refractivity contribution in [2.24, 2.45) is 11.1 Å². The van der Waals surface area contributed by atoms with Crippen LogP contribution in [0.15, 0.2) is 28.4 Å².